The lowest BCUT2D eigenvalue weighted by molar-refractivity contribution is 0.222. The molecule has 1 aliphatic heterocycles. The van der Waals surface area contributed by atoms with E-state index >= 15 is 0 Å². The van der Waals surface area contributed by atoms with E-state index in [0.717, 1.165) is 12.0 Å². The van der Waals surface area contributed by atoms with Gasteiger partial charge in [0, 0.05) is 24.7 Å². The van der Waals surface area contributed by atoms with Gasteiger partial charge >= 0.3 is 6.03 Å². The normalized spacial score (nSPS) is 16.3. The Labute approximate surface area is 170 Å². The molecule has 1 fully saturated rings. The maximum absolute atomic E-state index is 12.7. The number of carbonyl (C=O) groups is 1. The number of rotatable bonds is 3. The minimum atomic E-state index is -0.245. The van der Waals surface area contributed by atoms with Crippen molar-refractivity contribution in [2.24, 2.45) is 5.73 Å². The lowest BCUT2D eigenvalue weighted by atomic mass is 10.1. The summed E-state index contributed by atoms with van der Waals surface area (Å²) in [5.41, 5.74) is 15.2. The van der Waals surface area contributed by atoms with Gasteiger partial charge in [-0.2, -0.15) is 0 Å². The molecule has 4 aromatic rings. The second kappa shape index (κ2) is 7.12. The van der Waals surface area contributed by atoms with Crippen molar-refractivity contribution in [3.63, 3.8) is 0 Å². The quantitative estimate of drug-likeness (QED) is 0.401. The van der Waals surface area contributed by atoms with Crippen molar-refractivity contribution in [1.82, 2.24) is 30.2 Å². The standard InChI is InChI=1S/C19H19N9O2/c20-11-6-7-28(9-11)19(29)23-12-8-22-13(10-4-2-1-3-5-10)15-14(12)24-18(25-15)16-17(21)27-30-26-16/h1-5,8,11H,6-7,9,20H2,(H2,21,27)(H,23,29)(H,24,25). The molecule has 0 radical (unpaired) electrons. The molecule has 0 bridgehead atoms. The van der Waals surface area contributed by atoms with E-state index in [9.17, 15) is 4.79 Å². The number of amides is 2. The second-order valence-corrected chi connectivity index (χ2v) is 7.12. The number of nitrogen functional groups attached to an aromatic ring is 1. The molecule has 0 aliphatic carbocycles. The highest BCUT2D eigenvalue weighted by molar-refractivity contribution is 6.03. The van der Waals surface area contributed by atoms with Gasteiger partial charge in [-0.1, -0.05) is 30.3 Å². The number of aromatic amines is 1. The number of anilines is 2. The summed E-state index contributed by atoms with van der Waals surface area (Å²) in [5, 5.41) is 10.3. The Morgan fingerprint density at radius 1 is 1.23 bits per heavy atom. The first-order chi connectivity index (χ1) is 14.6. The van der Waals surface area contributed by atoms with Crippen LogP contribution in [0.4, 0.5) is 16.3 Å². The van der Waals surface area contributed by atoms with Crippen LogP contribution in [0.15, 0.2) is 41.2 Å². The minimum Gasteiger partial charge on any atom is -0.379 e. The summed E-state index contributed by atoms with van der Waals surface area (Å²) in [6.45, 7) is 1.12. The number of likely N-dealkylation sites (tertiary alicyclic amines) is 1. The van der Waals surface area contributed by atoms with E-state index < -0.39 is 0 Å². The van der Waals surface area contributed by atoms with Crippen LogP contribution in [-0.2, 0) is 0 Å². The highest BCUT2D eigenvalue weighted by Crippen LogP contribution is 2.32. The Kier molecular flexibility index (Phi) is 4.29. The molecule has 1 saturated heterocycles. The van der Waals surface area contributed by atoms with Gasteiger partial charge in [0.25, 0.3) is 0 Å². The van der Waals surface area contributed by atoms with Crippen LogP contribution in [0.25, 0.3) is 33.8 Å². The molecule has 0 saturated carbocycles. The van der Waals surface area contributed by atoms with Gasteiger partial charge in [0.15, 0.2) is 17.3 Å². The van der Waals surface area contributed by atoms with E-state index in [1.54, 1.807) is 11.1 Å². The molecule has 11 nitrogen and oxygen atoms in total. The molecule has 2 amide bonds. The first-order valence-electron chi connectivity index (χ1n) is 9.44. The van der Waals surface area contributed by atoms with Gasteiger partial charge < -0.3 is 26.7 Å². The largest absolute Gasteiger partial charge is 0.379 e. The summed E-state index contributed by atoms with van der Waals surface area (Å²) < 4.78 is 4.69. The Bertz CT molecular complexity index is 1220. The molecule has 30 heavy (non-hydrogen) atoms. The third-order valence-corrected chi connectivity index (χ3v) is 5.06. The molecular formula is C19H19N9O2. The van der Waals surface area contributed by atoms with Crippen LogP contribution in [0.3, 0.4) is 0 Å². The van der Waals surface area contributed by atoms with Gasteiger partial charge in [-0.15, -0.1) is 0 Å². The van der Waals surface area contributed by atoms with E-state index in [0.29, 0.717) is 41.3 Å². The highest BCUT2D eigenvalue weighted by atomic mass is 16.6. The fourth-order valence-electron chi connectivity index (χ4n) is 3.54. The molecule has 5 rings (SSSR count). The Hall–Kier alpha value is -3.99. The zero-order valence-electron chi connectivity index (χ0n) is 15.9. The van der Waals surface area contributed by atoms with Crippen molar-refractivity contribution in [1.29, 1.82) is 0 Å². The number of urea groups is 1. The average molecular weight is 405 g/mol. The van der Waals surface area contributed by atoms with Gasteiger partial charge in [0.05, 0.1) is 23.1 Å². The molecule has 1 unspecified atom stereocenters. The average Bonchev–Trinajstić information content (AvgIpc) is 3.48. The molecular weight excluding hydrogens is 386 g/mol. The van der Waals surface area contributed by atoms with Crippen LogP contribution in [0, 0.1) is 0 Å². The number of nitrogens with one attached hydrogen (secondary N) is 2. The number of carbonyl (C=O) groups excluding carboxylic acids is 1. The predicted molar refractivity (Wildman–Crippen MR) is 110 cm³/mol. The fraction of sp³-hybridized carbons (Fsp3) is 0.211. The van der Waals surface area contributed by atoms with Gasteiger partial charge in [-0.05, 0) is 16.7 Å². The lowest BCUT2D eigenvalue weighted by Gasteiger charge is -2.17. The molecule has 3 aromatic heterocycles. The monoisotopic (exact) mass is 405 g/mol. The predicted octanol–water partition coefficient (Wildman–Crippen LogP) is 1.82. The van der Waals surface area contributed by atoms with E-state index in [2.05, 4.69) is 30.6 Å². The smallest absolute Gasteiger partial charge is 0.322 e. The fourth-order valence-corrected chi connectivity index (χ4v) is 3.54. The third kappa shape index (κ3) is 3.10. The van der Waals surface area contributed by atoms with E-state index in [-0.39, 0.29) is 23.6 Å². The molecule has 4 heterocycles. The van der Waals surface area contributed by atoms with Gasteiger partial charge in [0.1, 0.15) is 5.52 Å². The molecule has 152 valence electrons. The van der Waals surface area contributed by atoms with Crippen molar-refractivity contribution in [3.8, 4) is 22.8 Å². The van der Waals surface area contributed by atoms with Crippen LogP contribution < -0.4 is 16.8 Å². The summed E-state index contributed by atoms with van der Waals surface area (Å²) in [6, 6.07) is 9.41. The van der Waals surface area contributed by atoms with Crippen molar-refractivity contribution < 1.29 is 9.42 Å². The van der Waals surface area contributed by atoms with Crippen LogP contribution in [-0.4, -0.2) is 55.3 Å². The maximum atomic E-state index is 12.7. The van der Waals surface area contributed by atoms with E-state index in [1.165, 1.54) is 0 Å². The lowest BCUT2D eigenvalue weighted by Crippen LogP contribution is -2.35. The van der Waals surface area contributed by atoms with Crippen molar-refractivity contribution in [2.45, 2.75) is 12.5 Å². The first-order valence-corrected chi connectivity index (χ1v) is 9.44. The number of nitrogens with zero attached hydrogens (tertiary/aromatic N) is 5. The number of nitrogens with two attached hydrogens (primary N) is 2. The Morgan fingerprint density at radius 3 is 2.77 bits per heavy atom. The number of H-pyrrole nitrogens is 1. The topological polar surface area (TPSA) is 165 Å². The second-order valence-electron chi connectivity index (χ2n) is 7.12. The van der Waals surface area contributed by atoms with E-state index in [1.807, 2.05) is 30.3 Å². The Morgan fingerprint density at radius 2 is 2.07 bits per heavy atom. The summed E-state index contributed by atoms with van der Waals surface area (Å²) in [5.74, 6) is 0.479. The highest BCUT2D eigenvalue weighted by Gasteiger charge is 2.25. The van der Waals surface area contributed by atoms with Crippen LogP contribution in [0.2, 0.25) is 0 Å². The number of aromatic nitrogens is 5. The molecule has 1 aromatic carbocycles. The molecule has 11 heteroatoms. The summed E-state index contributed by atoms with van der Waals surface area (Å²) in [7, 11) is 0. The summed E-state index contributed by atoms with van der Waals surface area (Å²) in [6.07, 6.45) is 2.37. The number of imidazole rings is 1. The number of benzene rings is 1. The van der Waals surface area contributed by atoms with Crippen molar-refractivity contribution in [3.05, 3.63) is 36.5 Å². The number of pyridine rings is 1. The third-order valence-electron chi connectivity index (χ3n) is 5.06. The number of hydrogen-bond acceptors (Lipinski definition) is 8. The zero-order valence-corrected chi connectivity index (χ0v) is 15.9. The minimum absolute atomic E-state index is 0.00558. The summed E-state index contributed by atoms with van der Waals surface area (Å²) in [4.78, 5) is 26.7. The van der Waals surface area contributed by atoms with Crippen LogP contribution in [0.5, 0.6) is 0 Å². The summed E-state index contributed by atoms with van der Waals surface area (Å²) >= 11 is 0. The Balaban J connectivity index is 1.60. The molecule has 1 atom stereocenters. The van der Waals surface area contributed by atoms with Gasteiger partial charge in [-0.25, -0.2) is 14.4 Å². The van der Waals surface area contributed by atoms with E-state index in [4.69, 9.17) is 16.1 Å². The maximum Gasteiger partial charge on any atom is 0.322 e. The number of hydrogen-bond donors (Lipinski definition) is 4. The first kappa shape index (κ1) is 18.1. The van der Waals surface area contributed by atoms with Crippen LogP contribution >= 0.6 is 0 Å². The van der Waals surface area contributed by atoms with Crippen LogP contribution in [0.1, 0.15) is 6.42 Å². The molecule has 1 aliphatic rings. The molecule has 6 N–H and O–H groups in total. The number of fused-ring (bicyclic) bond motifs is 1. The van der Waals surface area contributed by atoms with Gasteiger partial charge in [0.2, 0.25) is 0 Å². The van der Waals surface area contributed by atoms with Gasteiger partial charge in [-0.3, -0.25) is 4.98 Å². The van der Waals surface area contributed by atoms with Crippen molar-refractivity contribution in [2.75, 3.05) is 24.1 Å². The SMILES string of the molecule is Nc1nonc1-c1nc2c(NC(=O)N3CCC(N)C3)cnc(-c3ccccc3)c2[nH]1. The zero-order chi connectivity index (χ0) is 20.7. The molecule has 0 spiro atoms. The van der Waals surface area contributed by atoms with Crippen molar-refractivity contribution >= 4 is 28.6 Å².